The summed E-state index contributed by atoms with van der Waals surface area (Å²) >= 11 is 0. The minimum absolute atomic E-state index is 0.288. The van der Waals surface area contributed by atoms with Gasteiger partial charge in [0, 0.05) is 42.3 Å². The van der Waals surface area contributed by atoms with Gasteiger partial charge in [-0.25, -0.2) is 17.7 Å². The van der Waals surface area contributed by atoms with Crippen molar-refractivity contribution in [2.24, 2.45) is 4.99 Å². The molecule has 0 atom stereocenters. The van der Waals surface area contributed by atoms with Crippen molar-refractivity contribution in [3.63, 3.8) is 0 Å². The summed E-state index contributed by atoms with van der Waals surface area (Å²) in [7, 11) is 7.33. The first-order chi connectivity index (χ1) is 9.66. The van der Waals surface area contributed by atoms with E-state index in [0.717, 1.165) is 11.5 Å². The quantitative estimate of drug-likeness (QED) is 0.613. The number of hydrogen-bond acceptors (Lipinski definition) is 3. The Hall–Kier alpha value is -1.60. The van der Waals surface area contributed by atoms with Crippen LogP contribution in [0.2, 0.25) is 0 Å². The number of sulfonamides is 1. The Bertz CT molecular complexity index is 597. The second-order valence-electron chi connectivity index (χ2n) is 5.34. The van der Waals surface area contributed by atoms with Gasteiger partial charge < -0.3 is 9.80 Å². The zero-order valence-electron chi connectivity index (χ0n) is 13.5. The van der Waals surface area contributed by atoms with Gasteiger partial charge in [0.15, 0.2) is 5.96 Å². The number of guanidine groups is 1. The highest BCUT2D eigenvalue weighted by Crippen LogP contribution is 2.15. The lowest BCUT2D eigenvalue weighted by Gasteiger charge is -2.22. The van der Waals surface area contributed by atoms with Crippen LogP contribution >= 0.6 is 0 Å². The summed E-state index contributed by atoms with van der Waals surface area (Å²) in [5.41, 5.74) is 0.860. The molecule has 0 heterocycles. The zero-order valence-corrected chi connectivity index (χ0v) is 14.3. The van der Waals surface area contributed by atoms with Crippen molar-refractivity contribution >= 4 is 16.0 Å². The maximum atomic E-state index is 12.1. The van der Waals surface area contributed by atoms with Crippen molar-refractivity contribution < 1.29 is 8.42 Å². The third kappa shape index (κ3) is 4.44. The Morgan fingerprint density at radius 1 is 1.05 bits per heavy atom. The predicted octanol–water partition coefficient (Wildman–Crippen LogP) is 0.916. The summed E-state index contributed by atoms with van der Waals surface area (Å²) in [4.78, 5) is 8.64. The highest BCUT2D eigenvalue weighted by Gasteiger charge is 2.17. The number of aliphatic imine (C=N–C) groups is 1. The molecule has 0 bridgehead atoms. The molecule has 0 fully saturated rings. The van der Waals surface area contributed by atoms with E-state index >= 15 is 0 Å². The molecule has 0 aliphatic carbocycles. The smallest absolute Gasteiger partial charge is 0.242 e. The number of hydrogen-bond donors (Lipinski definition) is 0. The SMILES string of the molecule is CN(C)C(=NCc1cccc(S(=O)(=O)N(C)C)c1)N(C)C. The molecule has 0 aromatic heterocycles. The van der Waals surface area contributed by atoms with Crippen LogP contribution in [0.4, 0.5) is 0 Å². The Balaban J connectivity index is 3.05. The van der Waals surface area contributed by atoms with Crippen LogP contribution in [0, 0.1) is 0 Å². The number of nitrogens with zero attached hydrogens (tertiary/aromatic N) is 4. The molecule has 0 saturated heterocycles. The lowest BCUT2D eigenvalue weighted by atomic mass is 10.2. The molecule has 0 spiro atoms. The van der Waals surface area contributed by atoms with E-state index in [-0.39, 0.29) is 4.90 Å². The number of benzene rings is 1. The summed E-state index contributed by atoms with van der Waals surface area (Å²) in [5.74, 6) is 0.830. The molecule has 0 aliphatic rings. The van der Waals surface area contributed by atoms with E-state index in [1.165, 1.54) is 18.4 Å². The molecule has 7 heteroatoms. The molecule has 0 saturated carbocycles. The fourth-order valence-electron chi connectivity index (χ4n) is 1.86. The third-order valence-corrected chi connectivity index (χ3v) is 4.69. The minimum Gasteiger partial charge on any atom is -0.349 e. The lowest BCUT2D eigenvalue weighted by Crippen LogP contribution is -2.35. The predicted molar refractivity (Wildman–Crippen MR) is 85.8 cm³/mol. The highest BCUT2D eigenvalue weighted by atomic mass is 32.2. The van der Waals surface area contributed by atoms with E-state index in [9.17, 15) is 8.42 Å². The van der Waals surface area contributed by atoms with Crippen LogP contribution in [0.1, 0.15) is 5.56 Å². The molecule has 1 aromatic carbocycles. The maximum Gasteiger partial charge on any atom is 0.242 e. The van der Waals surface area contributed by atoms with Crippen LogP contribution in [0.5, 0.6) is 0 Å². The molecule has 118 valence electrons. The second-order valence-corrected chi connectivity index (χ2v) is 7.49. The van der Waals surface area contributed by atoms with Crippen LogP contribution < -0.4 is 0 Å². The average molecular weight is 312 g/mol. The average Bonchev–Trinajstić information content (AvgIpc) is 2.38. The normalized spacial score (nSPS) is 11.4. The van der Waals surface area contributed by atoms with Crippen LogP contribution in [0.15, 0.2) is 34.2 Å². The van der Waals surface area contributed by atoms with E-state index in [0.29, 0.717) is 6.54 Å². The lowest BCUT2D eigenvalue weighted by molar-refractivity contribution is 0.479. The second kappa shape index (κ2) is 6.91. The molecular formula is C14H24N4O2S. The molecule has 0 N–H and O–H groups in total. The first-order valence-corrected chi connectivity index (χ1v) is 8.01. The molecular weight excluding hydrogens is 288 g/mol. The van der Waals surface area contributed by atoms with Crippen molar-refractivity contribution in [2.75, 3.05) is 42.3 Å². The summed E-state index contributed by atoms with van der Waals surface area (Å²) in [6.07, 6.45) is 0. The van der Waals surface area contributed by atoms with Gasteiger partial charge in [0.05, 0.1) is 11.4 Å². The molecule has 0 amide bonds. The van der Waals surface area contributed by atoms with Crippen molar-refractivity contribution in [3.8, 4) is 0 Å². The van der Waals surface area contributed by atoms with E-state index in [4.69, 9.17) is 0 Å². The largest absolute Gasteiger partial charge is 0.349 e. The standard InChI is InChI=1S/C14H24N4O2S/c1-16(2)14(17(3)4)15-11-12-8-7-9-13(10-12)21(19,20)18(5)6/h7-10H,11H2,1-6H3. The van der Waals surface area contributed by atoms with Gasteiger partial charge in [-0.3, -0.25) is 0 Å². The topological polar surface area (TPSA) is 56.2 Å². The van der Waals surface area contributed by atoms with Gasteiger partial charge >= 0.3 is 0 Å². The van der Waals surface area contributed by atoms with Gasteiger partial charge in [0.2, 0.25) is 10.0 Å². The van der Waals surface area contributed by atoms with Crippen molar-refractivity contribution in [3.05, 3.63) is 29.8 Å². The van der Waals surface area contributed by atoms with E-state index < -0.39 is 10.0 Å². The summed E-state index contributed by atoms with van der Waals surface area (Å²) < 4.78 is 25.4. The van der Waals surface area contributed by atoms with E-state index in [1.807, 2.05) is 44.1 Å². The maximum absolute atomic E-state index is 12.1. The van der Waals surface area contributed by atoms with Gasteiger partial charge in [-0.05, 0) is 17.7 Å². The van der Waals surface area contributed by atoms with E-state index in [1.54, 1.807) is 18.2 Å². The van der Waals surface area contributed by atoms with Gasteiger partial charge in [-0.2, -0.15) is 0 Å². The van der Waals surface area contributed by atoms with E-state index in [2.05, 4.69) is 4.99 Å². The first-order valence-electron chi connectivity index (χ1n) is 6.57. The van der Waals surface area contributed by atoms with Gasteiger partial charge in [0.25, 0.3) is 0 Å². The molecule has 1 aromatic rings. The molecule has 6 nitrogen and oxygen atoms in total. The van der Waals surface area contributed by atoms with Crippen LogP contribution in [-0.4, -0.2) is 70.8 Å². The Labute approximate surface area is 127 Å². The summed E-state index contributed by atoms with van der Waals surface area (Å²) in [6.45, 7) is 0.433. The van der Waals surface area contributed by atoms with Crippen LogP contribution in [-0.2, 0) is 16.6 Å². The van der Waals surface area contributed by atoms with Gasteiger partial charge in [-0.1, -0.05) is 12.1 Å². The van der Waals surface area contributed by atoms with Gasteiger partial charge in [-0.15, -0.1) is 0 Å². The van der Waals surface area contributed by atoms with Crippen LogP contribution in [0.3, 0.4) is 0 Å². The van der Waals surface area contributed by atoms with Crippen LogP contribution in [0.25, 0.3) is 0 Å². The summed E-state index contributed by atoms with van der Waals surface area (Å²) in [6, 6.07) is 6.89. The Morgan fingerprint density at radius 2 is 1.62 bits per heavy atom. The monoisotopic (exact) mass is 312 g/mol. The molecule has 0 aliphatic heterocycles. The first kappa shape index (κ1) is 17.5. The Morgan fingerprint density at radius 3 is 2.10 bits per heavy atom. The number of rotatable bonds is 4. The molecule has 0 unspecified atom stereocenters. The van der Waals surface area contributed by atoms with Gasteiger partial charge in [0.1, 0.15) is 0 Å². The molecule has 21 heavy (non-hydrogen) atoms. The van der Waals surface area contributed by atoms with Crippen molar-refractivity contribution in [1.29, 1.82) is 0 Å². The molecule has 0 radical (unpaired) electrons. The molecule has 1 rings (SSSR count). The summed E-state index contributed by atoms with van der Waals surface area (Å²) in [5, 5.41) is 0. The fraction of sp³-hybridized carbons (Fsp3) is 0.500. The Kier molecular flexibility index (Phi) is 5.74. The highest BCUT2D eigenvalue weighted by molar-refractivity contribution is 7.89. The minimum atomic E-state index is -3.41. The fourth-order valence-corrected chi connectivity index (χ4v) is 2.83. The third-order valence-electron chi connectivity index (χ3n) is 2.88. The van der Waals surface area contributed by atoms with Crippen molar-refractivity contribution in [1.82, 2.24) is 14.1 Å². The zero-order chi connectivity index (χ0) is 16.2. The van der Waals surface area contributed by atoms with Crippen molar-refractivity contribution in [2.45, 2.75) is 11.4 Å².